The lowest BCUT2D eigenvalue weighted by Gasteiger charge is -2.14. The zero-order valence-corrected chi connectivity index (χ0v) is 17.4. The van der Waals surface area contributed by atoms with Gasteiger partial charge in [0, 0.05) is 23.1 Å². The average Bonchev–Trinajstić information content (AvgIpc) is 3.21. The van der Waals surface area contributed by atoms with E-state index in [1.54, 1.807) is 6.26 Å². The van der Waals surface area contributed by atoms with E-state index in [0.717, 1.165) is 21.7 Å². The highest BCUT2D eigenvalue weighted by Crippen LogP contribution is 2.34. The van der Waals surface area contributed by atoms with Crippen LogP contribution in [0, 0.1) is 0 Å². The SMILES string of the molecule is COC(=O)c1cc(OC)c(OC)cc1NC(=O)Cc1coc2ccc3ccccc3c12. The lowest BCUT2D eigenvalue weighted by atomic mass is 10.0. The number of carbonyl (C=O) groups is 2. The molecule has 158 valence electrons. The summed E-state index contributed by atoms with van der Waals surface area (Å²) in [6, 6.07) is 14.8. The van der Waals surface area contributed by atoms with E-state index >= 15 is 0 Å². The number of hydrogen-bond acceptors (Lipinski definition) is 6. The number of nitrogens with one attached hydrogen (secondary N) is 1. The second-order valence-corrected chi connectivity index (χ2v) is 6.89. The van der Waals surface area contributed by atoms with Crippen LogP contribution in [0.5, 0.6) is 11.5 Å². The van der Waals surface area contributed by atoms with Gasteiger partial charge in [-0.15, -0.1) is 0 Å². The molecule has 4 aromatic rings. The van der Waals surface area contributed by atoms with Crippen LogP contribution in [-0.4, -0.2) is 33.2 Å². The summed E-state index contributed by atoms with van der Waals surface area (Å²) in [5.74, 6) is -0.178. The Morgan fingerprint density at radius 3 is 2.45 bits per heavy atom. The number of rotatable bonds is 6. The highest BCUT2D eigenvalue weighted by Gasteiger charge is 2.20. The Labute approximate surface area is 178 Å². The molecule has 1 amide bonds. The summed E-state index contributed by atoms with van der Waals surface area (Å²) in [4.78, 5) is 25.1. The molecular weight excluding hydrogens is 398 g/mol. The fourth-order valence-electron chi connectivity index (χ4n) is 3.63. The van der Waals surface area contributed by atoms with E-state index in [9.17, 15) is 9.59 Å². The maximum atomic E-state index is 12.9. The van der Waals surface area contributed by atoms with Gasteiger partial charge in [0.05, 0.1) is 45.3 Å². The Bertz CT molecular complexity index is 1290. The summed E-state index contributed by atoms with van der Waals surface area (Å²) in [5.41, 5.74) is 1.90. The molecule has 0 spiro atoms. The molecule has 0 saturated heterocycles. The molecule has 7 heteroatoms. The first-order valence-corrected chi connectivity index (χ1v) is 9.57. The number of hydrogen-bond donors (Lipinski definition) is 1. The van der Waals surface area contributed by atoms with Crippen LogP contribution < -0.4 is 14.8 Å². The van der Waals surface area contributed by atoms with Gasteiger partial charge in [-0.3, -0.25) is 4.79 Å². The third-order valence-corrected chi connectivity index (χ3v) is 5.09. The second kappa shape index (κ2) is 8.39. The fourth-order valence-corrected chi connectivity index (χ4v) is 3.63. The molecule has 0 unspecified atom stereocenters. The quantitative estimate of drug-likeness (QED) is 0.461. The zero-order chi connectivity index (χ0) is 22.0. The number of methoxy groups -OCH3 is 3. The van der Waals surface area contributed by atoms with Gasteiger partial charge in [-0.05, 0) is 16.8 Å². The van der Waals surface area contributed by atoms with E-state index in [1.165, 1.54) is 33.5 Å². The van der Waals surface area contributed by atoms with Crippen molar-refractivity contribution in [2.45, 2.75) is 6.42 Å². The summed E-state index contributed by atoms with van der Waals surface area (Å²) in [7, 11) is 4.21. The second-order valence-electron chi connectivity index (χ2n) is 6.89. The summed E-state index contributed by atoms with van der Waals surface area (Å²) in [6.45, 7) is 0. The standard InChI is InChI=1S/C24H21NO6/c1-28-20-11-17(24(27)30-3)18(12-21(20)29-2)25-22(26)10-15-13-31-19-9-8-14-6-4-5-7-16(14)23(15)19/h4-9,11-13H,10H2,1-3H3,(H,25,26). The van der Waals surface area contributed by atoms with Gasteiger partial charge in [0.2, 0.25) is 5.91 Å². The molecular formula is C24H21NO6. The van der Waals surface area contributed by atoms with Gasteiger partial charge in [0.15, 0.2) is 11.5 Å². The summed E-state index contributed by atoms with van der Waals surface area (Å²) < 4.78 is 21.0. The van der Waals surface area contributed by atoms with Crippen molar-refractivity contribution in [3.63, 3.8) is 0 Å². The minimum atomic E-state index is -0.601. The van der Waals surface area contributed by atoms with E-state index in [0.29, 0.717) is 17.1 Å². The normalized spacial score (nSPS) is 10.8. The number of amides is 1. The molecule has 31 heavy (non-hydrogen) atoms. The summed E-state index contributed by atoms with van der Waals surface area (Å²) in [6.07, 6.45) is 1.66. The van der Waals surface area contributed by atoms with Crippen LogP contribution in [0.15, 0.2) is 59.2 Å². The number of fused-ring (bicyclic) bond motifs is 3. The van der Waals surface area contributed by atoms with Gasteiger partial charge in [-0.2, -0.15) is 0 Å². The van der Waals surface area contributed by atoms with Crippen molar-refractivity contribution in [2.75, 3.05) is 26.6 Å². The lowest BCUT2D eigenvalue weighted by molar-refractivity contribution is -0.115. The molecule has 0 aliphatic carbocycles. The number of furan rings is 1. The molecule has 1 N–H and O–H groups in total. The first-order valence-electron chi connectivity index (χ1n) is 9.57. The van der Waals surface area contributed by atoms with E-state index < -0.39 is 5.97 Å². The minimum Gasteiger partial charge on any atom is -0.493 e. The molecule has 4 rings (SSSR count). The van der Waals surface area contributed by atoms with Gasteiger partial charge < -0.3 is 23.9 Å². The third kappa shape index (κ3) is 3.77. The zero-order valence-electron chi connectivity index (χ0n) is 17.4. The predicted octanol–water partition coefficient (Wildman–Crippen LogP) is 4.57. The van der Waals surface area contributed by atoms with Gasteiger partial charge in [-0.1, -0.05) is 30.3 Å². The molecule has 0 aliphatic heterocycles. The smallest absolute Gasteiger partial charge is 0.340 e. The van der Waals surface area contributed by atoms with Crippen molar-refractivity contribution in [2.24, 2.45) is 0 Å². The van der Waals surface area contributed by atoms with E-state index in [-0.39, 0.29) is 23.6 Å². The maximum Gasteiger partial charge on any atom is 0.340 e. The van der Waals surface area contributed by atoms with Crippen LogP contribution in [0.2, 0.25) is 0 Å². The van der Waals surface area contributed by atoms with E-state index in [2.05, 4.69) is 5.32 Å². The third-order valence-electron chi connectivity index (χ3n) is 5.09. The Balaban J connectivity index is 1.68. The summed E-state index contributed by atoms with van der Waals surface area (Å²) >= 11 is 0. The van der Waals surface area contributed by atoms with Crippen LogP contribution in [0.3, 0.4) is 0 Å². The van der Waals surface area contributed by atoms with Gasteiger partial charge in [-0.25, -0.2) is 4.79 Å². The van der Waals surface area contributed by atoms with Crippen LogP contribution in [-0.2, 0) is 16.0 Å². The highest BCUT2D eigenvalue weighted by atomic mass is 16.5. The van der Waals surface area contributed by atoms with Crippen molar-refractivity contribution < 1.29 is 28.2 Å². The van der Waals surface area contributed by atoms with Crippen molar-refractivity contribution in [1.82, 2.24) is 0 Å². The Kier molecular flexibility index (Phi) is 5.49. The number of carbonyl (C=O) groups excluding carboxylic acids is 2. The summed E-state index contributed by atoms with van der Waals surface area (Å²) in [5, 5.41) is 5.76. The average molecular weight is 419 g/mol. The van der Waals surface area contributed by atoms with Crippen molar-refractivity contribution >= 4 is 39.3 Å². The monoisotopic (exact) mass is 419 g/mol. The van der Waals surface area contributed by atoms with Crippen molar-refractivity contribution in [1.29, 1.82) is 0 Å². The Hall–Kier alpha value is -4.00. The maximum absolute atomic E-state index is 12.9. The molecule has 0 atom stereocenters. The number of esters is 1. The topological polar surface area (TPSA) is 87.0 Å². The van der Waals surface area contributed by atoms with Crippen molar-refractivity contribution in [3.05, 3.63) is 65.9 Å². The van der Waals surface area contributed by atoms with E-state index in [4.69, 9.17) is 18.6 Å². The fraction of sp³-hybridized carbons (Fsp3) is 0.167. The number of ether oxygens (including phenoxy) is 3. The van der Waals surface area contributed by atoms with Gasteiger partial charge in [0.25, 0.3) is 0 Å². The molecule has 0 fully saturated rings. The minimum absolute atomic E-state index is 0.0654. The van der Waals surface area contributed by atoms with Gasteiger partial charge in [0.1, 0.15) is 5.58 Å². The molecule has 1 aromatic heterocycles. The first-order chi connectivity index (χ1) is 15.0. The molecule has 3 aromatic carbocycles. The number of benzene rings is 3. The molecule has 0 aliphatic rings. The van der Waals surface area contributed by atoms with E-state index in [1.807, 2.05) is 36.4 Å². The molecule has 0 radical (unpaired) electrons. The first kappa shape index (κ1) is 20.3. The Morgan fingerprint density at radius 1 is 0.968 bits per heavy atom. The molecule has 1 heterocycles. The predicted molar refractivity (Wildman–Crippen MR) is 117 cm³/mol. The number of anilines is 1. The lowest BCUT2D eigenvalue weighted by Crippen LogP contribution is -2.17. The van der Waals surface area contributed by atoms with Crippen LogP contribution in [0.1, 0.15) is 15.9 Å². The van der Waals surface area contributed by atoms with Crippen LogP contribution in [0.4, 0.5) is 5.69 Å². The van der Waals surface area contributed by atoms with Crippen molar-refractivity contribution in [3.8, 4) is 11.5 Å². The molecule has 7 nitrogen and oxygen atoms in total. The largest absolute Gasteiger partial charge is 0.493 e. The van der Waals surface area contributed by atoms with Crippen LogP contribution >= 0.6 is 0 Å². The van der Waals surface area contributed by atoms with Gasteiger partial charge >= 0.3 is 5.97 Å². The molecule has 0 saturated carbocycles. The highest BCUT2D eigenvalue weighted by molar-refractivity contribution is 6.09. The molecule has 0 bridgehead atoms. The Morgan fingerprint density at radius 2 is 1.71 bits per heavy atom. The van der Waals surface area contributed by atoms with Crippen LogP contribution in [0.25, 0.3) is 21.7 Å².